The second-order valence-corrected chi connectivity index (χ2v) is 8.33. The number of fused-ring (bicyclic) bond motifs is 3. The molecule has 3 aromatic rings. The zero-order valence-electron chi connectivity index (χ0n) is 17.8. The molecule has 0 radical (unpaired) electrons. The molecule has 0 aromatic carbocycles. The molecule has 4 rings (SSSR count). The third kappa shape index (κ3) is 4.55. The summed E-state index contributed by atoms with van der Waals surface area (Å²) in [5.74, 6) is 0.0809. The van der Waals surface area contributed by atoms with Gasteiger partial charge in [-0.05, 0) is 37.7 Å². The summed E-state index contributed by atoms with van der Waals surface area (Å²) in [6, 6.07) is 1.41. The minimum atomic E-state index is -4.25. The number of halogens is 3. The number of hydrogen-bond donors (Lipinski definition) is 2. The Bertz CT molecular complexity index is 1260. The van der Waals surface area contributed by atoms with E-state index in [0.29, 0.717) is 42.2 Å². The molecule has 0 saturated heterocycles. The molecule has 0 spiro atoms. The molecule has 0 bridgehead atoms. The quantitative estimate of drug-likeness (QED) is 0.512. The Morgan fingerprint density at radius 2 is 1.82 bits per heavy atom. The third-order valence-corrected chi connectivity index (χ3v) is 6.27. The van der Waals surface area contributed by atoms with Crippen molar-refractivity contribution in [2.24, 2.45) is 5.92 Å². The fraction of sp³-hybridized carbons (Fsp3) is 0.571. The molecular weight excluding hydrogens is 445 g/mol. The zero-order chi connectivity index (χ0) is 23.8. The summed E-state index contributed by atoms with van der Waals surface area (Å²) in [5.41, 5.74) is -0.460. The third-order valence-electron chi connectivity index (χ3n) is 6.27. The Morgan fingerprint density at radius 3 is 2.45 bits per heavy atom. The van der Waals surface area contributed by atoms with Crippen LogP contribution in [0.1, 0.15) is 38.1 Å². The molecule has 1 fully saturated rings. The highest BCUT2D eigenvalue weighted by atomic mass is 19.4. The van der Waals surface area contributed by atoms with Gasteiger partial charge in [0.15, 0.2) is 0 Å². The van der Waals surface area contributed by atoms with Crippen molar-refractivity contribution in [1.29, 1.82) is 0 Å². The Balaban J connectivity index is 1.64. The van der Waals surface area contributed by atoms with Crippen LogP contribution < -0.4 is 11.2 Å². The van der Waals surface area contributed by atoms with Crippen molar-refractivity contribution in [3.63, 3.8) is 0 Å². The van der Waals surface area contributed by atoms with Crippen LogP contribution >= 0.6 is 0 Å². The normalized spacial score (nSPS) is 19.5. The van der Waals surface area contributed by atoms with Crippen LogP contribution in [0.5, 0.6) is 0 Å². The lowest BCUT2D eigenvalue weighted by Gasteiger charge is -2.31. The molecule has 9 nitrogen and oxygen atoms in total. The van der Waals surface area contributed by atoms with E-state index in [-0.39, 0.29) is 37.3 Å². The van der Waals surface area contributed by atoms with Gasteiger partial charge in [-0.1, -0.05) is 0 Å². The van der Waals surface area contributed by atoms with Crippen LogP contribution in [-0.4, -0.2) is 48.3 Å². The lowest BCUT2D eigenvalue weighted by atomic mass is 9.86. The maximum atomic E-state index is 13.2. The van der Waals surface area contributed by atoms with E-state index in [1.54, 1.807) is 12.3 Å². The molecule has 0 atom stereocenters. The van der Waals surface area contributed by atoms with Gasteiger partial charge in [-0.3, -0.25) is 9.36 Å². The highest BCUT2D eigenvalue weighted by Crippen LogP contribution is 2.34. The summed E-state index contributed by atoms with van der Waals surface area (Å²) in [4.78, 5) is 30.3. The van der Waals surface area contributed by atoms with Crippen LogP contribution in [0.15, 0.2) is 28.0 Å². The molecule has 3 aromatic heterocycles. The number of alkyl halides is 3. The van der Waals surface area contributed by atoms with E-state index in [1.165, 1.54) is 15.3 Å². The predicted molar refractivity (Wildman–Crippen MR) is 113 cm³/mol. The van der Waals surface area contributed by atoms with Crippen molar-refractivity contribution in [3.05, 3.63) is 39.3 Å². The number of rotatable bonds is 7. The van der Waals surface area contributed by atoms with E-state index in [2.05, 4.69) is 4.98 Å². The van der Waals surface area contributed by atoms with Gasteiger partial charge in [-0.15, -0.1) is 0 Å². The zero-order valence-corrected chi connectivity index (χ0v) is 17.8. The van der Waals surface area contributed by atoms with Gasteiger partial charge in [0, 0.05) is 30.4 Å². The molecule has 0 amide bonds. The second-order valence-electron chi connectivity index (χ2n) is 8.33. The SMILES string of the molecule is O=c1c2cnc3c(ccn3CO)c2n(C2CCC(COCCC(F)(F)F)CC2)c(=O)n1CO. The Labute approximate surface area is 185 Å². The summed E-state index contributed by atoms with van der Waals surface area (Å²) < 4.78 is 45.8. The Kier molecular flexibility index (Phi) is 6.59. The Hall–Kier alpha value is -2.70. The average Bonchev–Trinajstić information content (AvgIpc) is 3.21. The number of aliphatic hydroxyl groups is 2. The van der Waals surface area contributed by atoms with Gasteiger partial charge < -0.3 is 19.5 Å². The Morgan fingerprint density at radius 1 is 1.09 bits per heavy atom. The molecule has 0 aliphatic heterocycles. The van der Waals surface area contributed by atoms with E-state index < -0.39 is 30.6 Å². The first-order valence-corrected chi connectivity index (χ1v) is 10.7. The van der Waals surface area contributed by atoms with Gasteiger partial charge in [0.05, 0.1) is 23.9 Å². The lowest BCUT2D eigenvalue weighted by Crippen LogP contribution is -2.42. The maximum Gasteiger partial charge on any atom is 0.391 e. The molecule has 180 valence electrons. The molecule has 1 aliphatic rings. The molecule has 2 N–H and O–H groups in total. The number of hydrogen-bond acceptors (Lipinski definition) is 6. The molecule has 33 heavy (non-hydrogen) atoms. The molecule has 3 heterocycles. The van der Waals surface area contributed by atoms with E-state index in [4.69, 9.17) is 4.74 Å². The summed E-state index contributed by atoms with van der Waals surface area (Å²) in [6.45, 7) is -1.24. The van der Waals surface area contributed by atoms with E-state index >= 15 is 0 Å². The fourth-order valence-corrected chi connectivity index (χ4v) is 4.58. The van der Waals surface area contributed by atoms with Crippen LogP contribution in [0.4, 0.5) is 13.2 Å². The van der Waals surface area contributed by atoms with Crippen LogP contribution in [0.25, 0.3) is 21.9 Å². The summed E-state index contributed by atoms with van der Waals surface area (Å²) in [7, 11) is 0. The monoisotopic (exact) mass is 470 g/mol. The van der Waals surface area contributed by atoms with E-state index in [9.17, 15) is 33.0 Å². The van der Waals surface area contributed by atoms with E-state index in [0.717, 1.165) is 4.57 Å². The van der Waals surface area contributed by atoms with Crippen molar-refractivity contribution < 1.29 is 28.1 Å². The van der Waals surface area contributed by atoms with Crippen molar-refractivity contribution in [3.8, 4) is 0 Å². The lowest BCUT2D eigenvalue weighted by molar-refractivity contribution is -0.146. The standard InChI is InChI=1S/C21H25F3N4O5/c22-21(23,24)6-8-33-10-13-1-3-14(4-2-13)28-17-15-5-7-26(11-29)18(15)25-9-16(17)19(31)27(12-30)20(28)32/h5,7,9,13-14,29-30H,1-4,6,8,10-12H2. The summed E-state index contributed by atoms with van der Waals surface area (Å²) in [5, 5.41) is 19.9. The molecular formula is C21H25F3N4O5. The fourth-order valence-electron chi connectivity index (χ4n) is 4.58. The van der Waals surface area contributed by atoms with Crippen molar-refractivity contribution >= 4 is 21.9 Å². The molecule has 1 saturated carbocycles. The van der Waals surface area contributed by atoms with Crippen LogP contribution in [0.2, 0.25) is 0 Å². The van der Waals surface area contributed by atoms with Gasteiger partial charge in [-0.2, -0.15) is 13.2 Å². The minimum Gasteiger partial charge on any atom is -0.381 e. The number of ether oxygens (including phenoxy) is 1. The number of aromatic nitrogens is 4. The highest BCUT2D eigenvalue weighted by molar-refractivity contribution is 6.02. The summed E-state index contributed by atoms with van der Waals surface area (Å²) in [6.07, 6.45) is 0.151. The van der Waals surface area contributed by atoms with Gasteiger partial charge in [0.25, 0.3) is 5.56 Å². The first-order valence-electron chi connectivity index (χ1n) is 10.7. The van der Waals surface area contributed by atoms with Crippen molar-refractivity contribution in [2.75, 3.05) is 13.2 Å². The van der Waals surface area contributed by atoms with Crippen LogP contribution in [0, 0.1) is 5.92 Å². The smallest absolute Gasteiger partial charge is 0.381 e. The molecule has 0 unspecified atom stereocenters. The molecule has 1 aliphatic carbocycles. The number of pyridine rings is 1. The number of aliphatic hydroxyl groups excluding tert-OH is 2. The highest BCUT2D eigenvalue weighted by Gasteiger charge is 2.29. The van der Waals surface area contributed by atoms with Gasteiger partial charge >= 0.3 is 11.9 Å². The van der Waals surface area contributed by atoms with Gasteiger partial charge in [-0.25, -0.2) is 14.3 Å². The summed E-state index contributed by atoms with van der Waals surface area (Å²) >= 11 is 0. The van der Waals surface area contributed by atoms with Gasteiger partial charge in [0.2, 0.25) is 0 Å². The van der Waals surface area contributed by atoms with Crippen molar-refractivity contribution in [2.45, 2.75) is 57.8 Å². The van der Waals surface area contributed by atoms with Gasteiger partial charge in [0.1, 0.15) is 19.1 Å². The largest absolute Gasteiger partial charge is 0.391 e. The predicted octanol–water partition coefficient (Wildman–Crippen LogP) is 2.11. The van der Waals surface area contributed by atoms with E-state index in [1.807, 2.05) is 0 Å². The minimum absolute atomic E-state index is 0.0809. The number of nitrogens with zero attached hydrogens (tertiary/aromatic N) is 4. The average molecular weight is 470 g/mol. The van der Waals surface area contributed by atoms with Crippen LogP contribution in [-0.2, 0) is 18.2 Å². The topological polar surface area (TPSA) is 112 Å². The molecule has 12 heteroatoms. The second kappa shape index (κ2) is 9.27. The maximum absolute atomic E-state index is 13.2. The van der Waals surface area contributed by atoms with Crippen LogP contribution in [0.3, 0.4) is 0 Å². The van der Waals surface area contributed by atoms with Crippen molar-refractivity contribution in [1.82, 2.24) is 18.7 Å². The first-order chi connectivity index (χ1) is 15.7. The first kappa shape index (κ1) is 23.5.